The number of carbonyl (C=O) groups excluding carboxylic acids is 1. The topological polar surface area (TPSA) is 32.7 Å². The van der Waals surface area contributed by atoms with Crippen molar-refractivity contribution in [3.05, 3.63) is 35.4 Å². The summed E-state index contributed by atoms with van der Waals surface area (Å²) in [6, 6.07) is 7.78. The maximum absolute atomic E-state index is 12.4. The van der Waals surface area contributed by atoms with Gasteiger partial charge in [0.15, 0.2) is 5.78 Å². The second kappa shape index (κ2) is 6.62. The average molecular weight is 260 g/mol. The van der Waals surface area contributed by atoms with Crippen LogP contribution in [0.1, 0.15) is 25.0 Å². The third-order valence-electron chi connectivity index (χ3n) is 3.28. The first kappa shape index (κ1) is 15.6. The van der Waals surface area contributed by atoms with E-state index in [1.165, 1.54) is 0 Å². The van der Waals surface area contributed by atoms with Crippen LogP contribution in [-0.4, -0.2) is 43.6 Å². The van der Waals surface area contributed by atoms with E-state index in [0.717, 1.165) is 16.8 Å². The first-order valence-corrected chi connectivity index (χ1v) is 6.63. The van der Waals surface area contributed by atoms with Crippen LogP contribution < -0.4 is 0 Å². The smallest absolute Gasteiger partial charge is 0.158 e. The molecule has 0 aliphatic carbocycles. The maximum Gasteiger partial charge on any atom is 0.158 e. The Labute approximate surface area is 116 Å². The largest absolute Gasteiger partial charge is 0.297 e. The van der Waals surface area contributed by atoms with E-state index in [4.69, 9.17) is 0 Å². The van der Waals surface area contributed by atoms with Crippen molar-refractivity contribution in [2.24, 2.45) is 10.9 Å². The van der Waals surface area contributed by atoms with E-state index in [9.17, 15) is 4.79 Å². The van der Waals surface area contributed by atoms with E-state index in [1.807, 2.05) is 64.0 Å². The zero-order valence-corrected chi connectivity index (χ0v) is 12.8. The fraction of sp³-hybridized carbons (Fsp3) is 0.500. The summed E-state index contributed by atoms with van der Waals surface area (Å²) in [5, 5.41) is 0. The number of nitrogens with zero attached hydrogens (tertiary/aromatic N) is 2. The molecule has 1 rings (SSSR count). The predicted molar refractivity (Wildman–Crippen MR) is 81.0 cm³/mol. The van der Waals surface area contributed by atoms with E-state index >= 15 is 0 Å². The molecule has 3 heteroatoms. The number of hydrogen-bond donors (Lipinski definition) is 0. The summed E-state index contributed by atoms with van der Waals surface area (Å²) in [6.07, 6.45) is 0. The van der Waals surface area contributed by atoms with E-state index in [2.05, 4.69) is 4.99 Å². The van der Waals surface area contributed by atoms with Crippen molar-refractivity contribution in [3.63, 3.8) is 0 Å². The fourth-order valence-electron chi connectivity index (χ4n) is 2.20. The summed E-state index contributed by atoms with van der Waals surface area (Å²) >= 11 is 0. The van der Waals surface area contributed by atoms with E-state index in [-0.39, 0.29) is 17.7 Å². The minimum Gasteiger partial charge on any atom is -0.297 e. The van der Waals surface area contributed by atoms with Crippen LogP contribution in [0.4, 0.5) is 0 Å². The molecular weight excluding hydrogens is 236 g/mol. The Bertz CT molecular complexity index is 475. The van der Waals surface area contributed by atoms with Crippen LogP contribution in [0, 0.1) is 12.8 Å². The summed E-state index contributed by atoms with van der Waals surface area (Å²) in [4.78, 5) is 18.8. The Morgan fingerprint density at radius 1 is 1.21 bits per heavy atom. The lowest BCUT2D eigenvalue weighted by molar-refractivity contribution is -0.124. The average Bonchev–Trinajstić information content (AvgIpc) is 2.35. The highest BCUT2D eigenvalue weighted by Crippen LogP contribution is 2.16. The van der Waals surface area contributed by atoms with Gasteiger partial charge in [-0.15, -0.1) is 0 Å². The van der Waals surface area contributed by atoms with Crippen molar-refractivity contribution in [1.29, 1.82) is 0 Å². The molecule has 0 aromatic heterocycles. The molecule has 0 N–H and O–H groups in total. The lowest BCUT2D eigenvalue weighted by Gasteiger charge is -2.27. The van der Waals surface area contributed by atoms with Crippen LogP contribution >= 0.6 is 0 Å². The Kier molecular flexibility index (Phi) is 5.43. The summed E-state index contributed by atoms with van der Waals surface area (Å²) < 4.78 is 0. The van der Waals surface area contributed by atoms with Gasteiger partial charge in [0.05, 0.1) is 5.71 Å². The Morgan fingerprint density at radius 3 is 2.21 bits per heavy atom. The number of aliphatic imine (C=N–C) groups is 1. The Balaban J connectivity index is 3.28. The van der Waals surface area contributed by atoms with Crippen LogP contribution in [0.3, 0.4) is 0 Å². The molecule has 0 amide bonds. The second-order valence-corrected chi connectivity index (χ2v) is 5.35. The van der Waals surface area contributed by atoms with E-state index in [0.29, 0.717) is 0 Å². The highest BCUT2D eigenvalue weighted by atomic mass is 16.1. The molecule has 0 saturated carbocycles. The number of aryl methyl sites for hydroxylation is 1. The molecule has 0 aliphatic heterocycles. The molecule has 104 valence electrons. The zero-order valence-electron chi connectivity index (χ0n) is 12.8. The van der Waals surface area contributed by atoms with Crippen LogP contribution in [-0.2, 0) is 4.79 Å². The van der Waals surface area contributed by atoms with E-state index in [1.54, 1.807) is 7.05 Å². The van der Waals surface area contributed by atoms with Gasteiger partial charge in [0.25, 0.3) is 0 Å². The van der Waals surface area contributed by atoms with Gasteiger partial charge >= 0.3 is 0 Å². The number of rotatable bonds is 5. The predicted octanol–water partition coefficient (Wildman–Crippen LogP) is 2.57. The number of benzene rings is 1. The van der Waals surface area contributed by atoms with Crippen molar-refractivity contribution in [3.8, 4) is 0 Å². The molecular formula is C16H24N2O. The highest BCUT2D eigenvalue weighted by molar-refractivity contribution is 6.17. The molecule has 0 fully saturated rings. The van der Waals surface area contributed by atoms with Gasteiger partial charge in [-0.25, -0.2) is 0 Å². The number of carbonyl (C=O) groups is 1. The molecule has 1 aromatic carbocycles. The number of Topliss-reactive ketones (excluding diaryl/α,β-unsaturated/α-hetero) is 1. The molecule has 1 unspecified atom stereocenters. The van der Waals surface area contributed by atoms with Gasteiger partial charge in [-0.05, 0) is 26.6 Å². The van der Waals surface area contributed by atoms with Crippen LogP contribution in [0.15, 0.2) is 29.3 Å². The fourth-order valence-corrected chi connectivity index (χ4v) is 2.20. The van der Waals surface area contributed by atoms with Crippen molar-refractivity contribution in [2.45, 2.75) is 26.8 Å². The first-order valence-electron chi connectivity index (χ1n) is 6.63. The summed E-state index contributed by atoms with van der Waals surface area (Å²) in [7, 11) is 5.61. The third kappa shape index (κ3) is 3.51. The number of ketones is 1. The Hall–Kier alpha value is -1.48. The molecule has 19 heavy (non-hydrogen) atoms. The first-order chi connectivity index (χ1) is 8.90. The molecule has 1 atom stereocenters. The molecule has 0 aliphatic rings. The van der Waals surface area contributed by atoms with Gasteiger partial charge in [-0.3, -0.25) is 14.7 Å². The zero-order chi connectivity index (χ0) is 14.6. The quantitative estimate of drug-likeness (QED) is 0.762. The number of likely N-dealkylation sites (N-methyl/N-ethyl adjacent to an activating group) is 1. The van der Waals surface area contributed by atoms with Crippen molar-refractivity contribution in [2.75, 3.05) is 21.1 Å². The summed E-state index contributed by atoms with van der Waals surface area (Å²) in [5.41, 5.74) is 3.05. The van der Waals surface area contributed by atoms with Crippen LogP contribution in [0.2, 0.25) is 0 Å². The van der Waals surface area contributed by atoms with Gasteiger partial charge in [0, 0.05) is 18.5 Å². The van der Waals surface area contributed by atoms with Crippen molar-refractivity contribution in [1.82, 2.24) is 4.90 Å². The molecule has 0 saturated heterocycles. The molecule has 0 heterocycles. The minimum atomic E-state index is -0.286. The van der Waals surface area contributed by atoms with Gasteiger partial charge in [-0.2, -0.15) is 0 Å². The van der Waals surface area contributed by atoms with Crippen LogP contribution in [0.25, 0.3) is 0 Å². The molecule has 0 spiro atoms. The van der Waals surface area contributed by atoms with Gasteiger partial charge < -0.3 is 0 Å². The van der Waals surface area contributed by atoms with Crippen LogP contribution in [0.5, 0.6) is 0 Å². The maximum atomic E-state index is 12.4. The monoisotopic (exact) mass is 260 g/mol. The van der Waals surface area contributed by atoms with Gasteiger partial charge in [0.1, 0.15) is 6.04 Å². The lowest BCUT2D eigenvalue weighted by Crippen LogP contribution is -2.45. The number of hydrogen-bond acceptors (Lipinski definition) is 3. The third-order valence-corrected chi connectivity index (χ3v) is 3.28. The van der Waals surface area contributed by atoms with Crippen molar-refractivity contribution < 1.29 is 4.79 Å². The molecule has 0 radical (unpaired) electrons. The second-order valence-electron chi connectivity index (χ2n) is 5.35. The standard InChI is InChI=1S/C16H24N2O/c1-11(2)16(19)15(18(5)6)14(17-4)13-10-8-7-9-12(13)3/h7-11,15H,1-6H3. The Morgan fingerprint density at radius 2 is 1.79 bits per heavy atom. The SMILES string of the molecule is CN=C(c1ccccc1C)C(C(=O)C(C)C)N(C)C. The minimum absolute atomic E-state index is 0.00633. The highest BCUT2D eigenvalue weighted by Gasteiger charge is 2.29. The molecule has 3 nitrogen and oxygen atoms in total. The van der Waals surface area contributed by atoms with E-state index < -0.39 is 0 Å². The normalized spacial score (nSPS) is 14.0. The molecule has 1 aromatic rings. The lowest BCUT2D eigenvalue weighted by atomic mass is 9.91. The van der Waals surface area contributed by atoms with Gasteiger partial charge in [-0.1, -0.05) is 38.1 Å². The molecule has 0 bridgehead atoms. The summed E-state index contributed by atoms with van der Waals surface area (Å²) in [5.74, 6) is 0.196. The van der Waals surface area contributed by atoms with Gasteiger partial charge in [0.2, 0.25) is 0 Å². The van der Waals surface area contributed by atoms with Crippen molar-refractivity contribution >= 4 is 11.5 Å². The summed E-state index contributed by atoms with van der Waals surface area (Å²) in [6.45, 7) is 5.92.